The van der Waals surface area contributed by atoms with Crippen LogP contribution in [-0.4, -0.2) is 19.1 Å². The van der Waals surface area contributed by atoms with Gasteiger partial charge in [0.15, 0.2) is 0 Å². The smallest absolute Gasteiger partial charge is 0.136 e. The minimum atomic E-state index is -1.14. The molecule has 1 aromatic heterocycles. The lowest BCUT2D eigenvalue weighted by Gasteiger charge is -2.26. The van der Waals surface area contributed by atoms with Crippen LogP contribution >= 0.6 is 0 Å². The highest BCUT2D eigenvalue weighted by Crippen LogP contribution is 2.20. The molecule has 1 unspecified atom stereocenters. The number of halogens is 1. The van der Waals surface area contributed by atoms with Gasteiger partial charge in [0.25, 0.3) is 0 Å². The minimum absolute atomic E-state index is 0.0840. The lowest BCUT2D eigenvalue weighted by Crippen LogP contribution is -2.40. The van der Waals surface area contributed by atoms with Gasteiger partial charge in [-0.25, -0.2) is 9.07 Å². The highest BCUT2D eigenvalue weighted by Gasteiger charge is 2.28. The third-order valence-electron chi connectivity index (χ3n) is 3.03. The summed E-state index contributed by atoms with van der Waals surface area (Å²) in [6, 6.07) is 6.04. The van der Waals surface area contributed by atoms with E-state index in [1.165, 1.54) is 12.1 Å². The van der Waals surface area contributed by atoms with Crippen molar-refractivity contribution in [2.75, 3.05) is 0 Å². The van der Waals surface area contributed by atoms with Gasteiger partial charge in [0, 0.05) is 23.1 Å². The fraction of sp³-hybridized carbons (Fsp3) is 0.400. The summed E-state index contributed by atoms with van der Waals surface area (Å²) in [6.07, 6.45) is 3.58. The number of nitrogens with one attached hydrogen (secondary N) is 1. The second kappa shape index (κ2) is 6.17. The van der Waals surface area contributed by atoms with Crippen LogP contribution in [0.5, 0.6) is 0 Å². The Morgan fingerprint density at radius 2 is 1.90 bits per heavy atom. The number of rotatable bonds is 4. The molecule has 0 saturated carbocycles. The standard InChI is InChI=1S/C15H20FN3OS/c1-11(18-21(20)15(2,3)4)12-9-17-19(10-12)14-7-5-13(16)6-8-14/h5-11,18H,1-4H3/t11-,21?/m0/s1. The van der Waals surface area contributed by atoms with Crippen molar-refractivity contribution in [1.29, 1.82) is 0 Å². The molecule has 0 aliphatic carbocycles. The van der Waals surface area contributed by atoms with E-state index in [1.54, 1.807) is 23.0 Å². The Balaban J connectivity index is 2.10. The molecule has 0 fully saturated rings. The van der Waals surface area contributed by atoms with Gasteiger partial charge < -0.3 is 4.55 Å². The van der Waals surface area contributed by atoms with E-state index in [1.807, 2.05) is 33.9 Å². The molecule has 0 bridgehead atoms. The van der Waals surface area contributed by atoms with Crippen LogP contribution in [0.15, 0.2) is 36.7 Å². The van der Waals surface area contributed by atoms with Crippen molar-refractivity contribution in [2.45, 2.75) is 38.5 Å². The number of benzene rings is 1. The van der Waals surface area contributed by atoms with E-state index < -0.39 is 11.4 Å². The van der Waals surface area contributed by atoms with Crippen molar-refractivity contribution < 1.29 is 8.94 Å². The summed E-state index contributed by atoms with van der Waals surface area (Å²) >= 11 is -1.14. The van der Waals surface area contributed by atoms with E-state index >= 15 is 0 Å². The Morgan fingerprint density at radius 1 is 1.29 bits per heavy atom. The quantitative estimate of drug-likeness (QED) is 0.883. The van der Waals surface area contributed by atoms with Gasteiger partial charge in [0.1, 0.15) is 10.6 Å². The Morgan fingerprint density at radius 3 is 2.48 bits per heavy atom. The molecule has 0 spiro atoms. The summed E-state index contributed by atoms with van der Waals surface area (Å²) in [5.74, 6) is -0.276. The first kappa shape index (κ1) is 16.0. The topological polar surface area (TPSA) is 52.9 Å². The van der Waals surface area contributed by atoms with Crippen LogP contribution < -0.4 is 4.72 Å². The zero-order valence-corrected chi connectivity index (χ0v) is 13.4. The Kier molecular flexibility index (Phi) is 4.70. The maximum atomic E-state index is 12.9. The summed E-state index contributed by atoms with van der Waals surface area (Å²) in [5.41, 5.74) is 1.71. The molecule has 0 amide bonds. The van der Waals surface area contributed by atoms with Crippen LogP contribution in [0.1, 0.15) is 39.3 Å². The molecule has 2 atom stereocenters. The van der Waals surface area contributed by atoms with Crippen LogP contribution in [0.4, 0.5) is 4.39 Å². The SMILES string of the molecule is C[C@H](N[S+]([O-])C(C)(C)C)c1cnn(-c2ccc(F)cc2)c1. The van der Waals surface area contributed by atoms with E-state index in [-0.39, 0.29) is 16.6 Å². The Hall–Kier alpha value is -1.37. The summed E-state index contributed by atoms with van der Waals surface area (Å²) < 4.78 is 29.4. The number of hydrogen-bond donors (Lipinski definition) is 1. The zero-order valence-electron chi connectivity index (χ0n) is 12.6. The van der Waals surface area contributed by atoms with Gasteiger partial charge in [0.2, 0.25) is 0 Å². The highest BCUT2D eigenvalue weighted by atomic mass is 32.2. The molecule has 0 radical (unpaired) electrons. The van der Waals surface area contributed by atoms with Gasteiger partial charge in [-0.2, -0.15) is 5.10 Å². The molecular formula is C15H20FN3OS. The van der Waals surface area contributed by atoms with E-state index in [0.717, 1.165) is 11.3 Å². The zero-order chi connectivity index (χ0) is 15.6. The third kappa shape index (κ3) is 4.06. The van der Waals surface area contributed by atoms with Crippen molar-refractivity contribution >= 4 is 11.4 Å². The maximum Gasteiger partial charge on any atom is 0.136 e. The first-order valence-corrected chi connectivity index (χ1v) is 7.91. The molecule has 114 valence electrons. The first-order valence-electron chi connectivity index (χ1n) is 6.76. The molecule has 1 aromatic carbocycles. The van der Waals surface area contributed by atoms with Crippen LogP contribution in [0.2, 0.25) is 0 Å². The van der Waals surface area contributed by atoms with Crippen molar-refractivity contribution in [3.63, 3.8) is 0 Å². The molecule has 0 aliphatic heterocycles. The second-order valence-corrected chi connectivity index (χ2v) is 7.91. The van der Waals surface area contributed by atoms with Crippen LogP contribution in [-0.2, 0) is 11.4 Å². The summed E-state index contributed by atoms with van der Waals surface area (Å²) in [5, 5.41) is 4.26. The van der Waals surface area contributed by atoms with Crippen LogP contribution in [0, 0.1) is 5.82 Å². The van der Waals surface area contributed by atoms with E-state index in [0.29, 0.717) is 0 Å². The minimum Gasteiger partial charge on any atom is -0.598 e. The van der Waals surface area contributed by atoms with Crippen molar-refractivity contribution in [2.24, 2.45) is 0 Å². The van der Waals surface area contributed by atoms with Gasteiger partial charge >= 0.3 is 0 Å². The fourth-order valence-corrected chi connectivity index (χ4v) is 2.51. The van der Waals surface area contributed by atoms with E-state index in [9.17, 15) is 8.94 Å². The van der Waals surface area contributed by atoms with Crippen LogP contribution in [0.3, 0.4) is 0 Å². The Labute approximate surface area is 127 Å². The van der Waals surface area contributed by atoms with Gasteiger partial charge in [-0.15, -0.1) is 4.72 Å². The highest BCUT2D eigenvalue weighted by molar-refractivity contribution is 7.90. The molecule has 21 heavy (non-hydrogen) atoms. The van der Waals surface area contributed by atoms with Gasteiger partial charge in [-0.1, -0.05) is 0 Å². The van der Waals surface area contributed by atoms with Gasteiger partial charge in [0.05, 0.1) is 17.9 Å². The number of nitrogens with zero attached hydrogens (tertiary/aromatic N) is 2. The second-order valence-electron chi connectivity index (χ2n) is 5.92. The number of aromatic nitrogens is 2. The lowest BCUT2D eigenvalue weighted by atomic mass is 10.2. The lowest BCUT2D eigenvalue weighted by molar-refractivity contribution is 0.531. The monoisotopic (exact) mass is 309 g/mol. The number of hydrogen-bond acceptors (Lipinski definition) is 3. The molecule has 2 aromatic rings. The van der Waals surface area contributed by atoms with Crippen molar-refractivity contribution in [3.05, 3.63) is 48.0 Å². The third-order valence-corrected chi connectivity index (χ3v) is 4.71. The predicted molar refractivity (Wildman–Crippen MR) is 83.0 cm³/mol. The molecule has 4 nitrogen and oxygen atoms in total. The normalized spacial score (nSPS) is 15.0. The van der Waals surface area contributed by atoms with Crippen LogP contribution in [0.25, 0.3) is 5.69 Å². The average Bonchev–Trinajstić information content (AvgIpc) is 2.88. The maximum absolute atomic E-state index is 12.9. The molecule has 1 N–H and O–H groups in total. The van der Waals surface area contributed by atoms with Crippen molar-refractivity contribution in [3.8, 4) is 5.69 Å². The first-order chi connectivity index (χ1) is 9.77. The molecule has 6 heteroatoms. The summed E-state index contributed by atoms with van der Waals surface area (Å²) in [6.45, 7) is 7.70. The Bertz CT molecular complexity index is 592. The largest absolute Gasteiger partial charge is 0.598 e. The molecule has 1 heterocycles. The summed E-state index contributed by atoms with van der Waals surface area (Å²) in [4.78, 5) is 0. The summed E-state index contributed by atoms with van der Waals surface area (Å²) in [7, 11) is 0. The molecule has 2 rings (SSSR count). The van der Waals surface area contributed by atoms with Gasteiger partial charge in [-0.05, 0) is 52.0 Å². The molecule has 0 saturated heterocycles. The average molecular weight is 309 g/mol. The van der Waals surface area contributed by atoms with Crippen molar-refractivity contribution in [1.82, 2.24) is 14.5 Å². The molecular weight excluding hydrogens is 289 g/mol. The molecule has 0 aliphatic rings. The predicted octanol–water partition coefficient (Wildman–Crippen LogP) is 3.12. The van der Waals surface area contributed by atoms with E-state index in [2.05, 4.69) is 9.82 Å². The fourth-order valence-electron chi connectivity index (χ4n) is 1.70. The van der Waals surface area contributed by atoms with E-state index in [4.69, 9.17) is 0 Å². The van der Waals surface area contributed by atoms with Gasteiger partial charge in [-0.3, -0.25) is 0 Å².